The minimum atomic E-state index is -0.647. The van der Waals surface area contributed by atoms with Crippen LogP contribution in [-0.4, -0.2) is 24.3 Å². The first-order valence-electron chi connectivity index (χ1n) is 13.4. The molecule has 0 radical (unpaired) electrons. The Labute approximate surface area is 265 Å². The van der Waals surface area contributed by atoms with E-state index in [0.717, 1.165) is 20.3 Å². The minimum absolute atomic E-state index is 0.240. The van der Waals surface area contributed by atoms with Crippen molar-refractivity contribution in [3.8, 4) is 11.5 Å². The zero-order valence-electron chi connectivity index (χ0n) is 23.2. The number of rotatable bonds is 9. The standard InChI is InChI=1S/C32H28ClIN2O5S/c1-4-24-27(31(38)39-3)28(20-11-7-6-8-12-20)36-30(37)26(42-32(36)35-24)17-19-15-23(34)29(25(16-19)40-5-2)41-18-21-13-9-10-14-22(21)33/h6-17,28H,4-5,18H2,1-3H3/b26-17+/t28-/m0/s1. The third kappa shape index (κ3) is 6.04. The smallest absolute Gasteiger partial charge is 0.338 e. The van der Waals surface area contributed by atoms with Crippen LogP contribution in [0.15, 0.2) is 87.8 Å². The van der Waals surface area contributed by atoms with Gasteiger partial charge in [0.15, 0.2) is 16.3 Å². The highest BCUT2D eigenvalue weighted by molar-refractivity contribution is 14.1. The van der Waals surface area contributed by atoms with Crippen LogP contribution in [0.1, 0.15) is 43.0 Å². The summed E-state index contributed by atoms with van der Waals surface area (Å²) in [6, 6.07) is 20.2. The van der Waals surface area contributed by atoms with Gasteiger partial charge in [0, 0.05) is 10.6 Å². The third-order valence-electron chi connectivity index (χ3n) is 6.72. The van der Waals surface area contributed by atoms with Crippen molar-refractivity contribution in [3.05, 3.63) is 123 Å². The lowest BCUT2D eigenvalue weighted by atomic mass is 9.95. The van der Waals surface area contributed by atoms with Gasteiger partial charge in [-0.05, 0) is 71.3 Å². The van der Waals surface area contributed by atoms with Crippen LogP contribution in [0.25, 0.3) is 6.08 Å². The molecule has 2 heterocycles. The topological polar surface area (TPSA) is 79.1 Å². The van der Waals surface area contributed by atoms with Crippen molar-refractivity contribution in [2.24, 2.45) is 4.99 Å². The first-order valence-corrected chi connectivity index (χ1v) is 15.6. The molecule has 0 bridgehead atoms. The second kappa shape index (κ2) is 13.3. The predicted molar refractivity (Wildman–Crippen MR) is 173 cm³/mol. The van der Waals surface area contributed by atoms with E-state index in [-0.39, 0.29) is 12.2 Å². The molecule has 0 N–H and O–H groups in total. The van der Waals surface area contributed by atoms with E-state index < -0.39 is 12.0 Å². The second-order valence-electron chi connectivity index (χ2n) is 9.34. The Hall–Kier alpha value is -3.41. The molecule has 0 aliphatic carbocycles. The quantitative estimate of drug-likeness (QED) is 0.156. The number of thiazole rings is 1. The number of allylic oxidation sites excluding steroid dienone is 1. The predicted octanol–water partition coefficient (Wildman–Crippen LogP) is 6.03. The molecule has 1 atom stereocenters. The van der Waals surface area contributed by atoms with Crippen LogP contribution in [0.4, 0.5) is 0 Å². The fourth-order valence-corrected chi connectivity index (χ4v) is 6.80. The van der Waals surface area contributed by atoms with Crippen molar-refractivity contribution in [1.82, 2.24) is 4.57 Å². The molecule has 1 aliphatic rings. The Morgan fingerprint density at radius 1 is 1.10 bits per heavy atom. The number of aromatic nitrogens is 1. The van der Waals surface area contributed by atoms with Crippen molar-refractivity contribution < 1.29 is 19.0 Å². The fourth-order valence-electron chi connectivity index (χ4n) is 4.81. The lowest BCUT2D eigenvalue weighted by molar-refractivity contribution is -0.136. The van der Waals surface area contributed by atoms with Crippen molar-refractivity contribution in [2.75, 3.05) is 13.7 Å². The molecule has 42 heavy (non-hydrogen) atoms. The number of halogens is 2. The molecule has 0 saturated heterocycles. The molecular formula is C32H28ClIN2O5S. The van der Waals surface area contributed by atoms with Gasteiger partial charge < -0.3 is 14.2 Å². The van der Waals surface area contributed by atoms with Gasteiger partial charge >= 0.3 is 5.97 Å². The van der Waals surface area contributed by atoms with Crippen LogP contribution >= 0.6 is 45.5 Å². The number of nitrogens with zero attached hydrogens (tertiary/aromatic N) is 2. The summed E-state index contributed by atoms with van der Waals surface area (Å²) in [4.78, 5) is 32.2. The molecular weight excluding hydrogens is 687 g/mol. The van der Waals surface area contributed by atoms with E-state index in [1.165, 1.54) is 18.4 Å². The molecule has 216 valence electrons. The number of carbonyl (C=O) groups excluding carboxylic acids is 1. The van der Waals surface area contributed by atoms with E-state index >= 15 is 0 Å². The number of carbonyl (C=O) groups is 1. The Kier molecular flexibility index (Phi) is 9.50. The second-order valence-corrected chi connectivity index (χ2v) is 11.9. The molecule has 4 aromatic rings. The summed E-state index contributed by atoms with van der Waals surface area (Å²) in [7, 11) is 1.34. The summed E-state index contributed by atoms with van der Waals surface area (Å²) in [5.41, 5.74) is 3.19. The largest absolute Gasteiger partial charge is 0.490 e. The Morgan fingerprint density at radius 2 is 1.83 bits per heavy atom. The van der Waals surface area contributed by atoms with Crippen molar-refractivity contribution in [1.29, 1.82) is 0 Å². The summed E-state index contributed by atoms with van der Waals surface area (Å²) < 4.78 is 20.1. The summed E-state index contributed by atoms with van der Waals surface area (Å²) in [6.45, 7) is 4.57. The van der Waals surface area contributed by atoms with Crippen LogP contribution in [-0.2, 0) is 16.1 Å². The van der Waals surface area contributed by atoms with Crippen LogP contribution in [0.3, 0.4) is 0 Å². The van der Waals surface area contributed by atoms with Gasteiger partial charge in [0.1, 0.15) is 6.61 Å². The summed E-state index contributed by atoms with van der Waals surface area (Å²) in [5.74, 6) is 0.677. The fraction of sp³-hybridized carbons (Fsp3) is 0.219. The zero-order chi connectivity index (χ0) is 29.8. The van der Waals surface area contributed by atoms with Gasteiger partial charge in [-0.2, -0.15) is 0 Å². The number of benzene rings is 3. The maximum absolute atomic E-state index is 13.9. The third-order valence-corrected chi connectivity index (χ3v) is 8.88. The minimum Gasteiger partial charge on any atom is -0.490 e. The van der Waals surface area contributed by atoms with Crippen molar-refractivity contribution in [2.45, 2.75) is 32.9 Å². The van der Waals surface area contributed by atoms with E-state index in [4.69, 9.17) is 30.8 Å². The highest BCUT2D eigenvalue weighted by Crippen LogP contribution is 2.36. The van der Waals surface area contributed by atoms with Gasteiger partial charge in [0.05, 0.1) is 39.1 Å². The van der Waals surface area contributed by atoms with Gasteiger partial charge in [-0.15, -0.1) is 0 Å². The molecule has 0 unspecified atom stereocenters. The Morgan fingerprint density at radius 3 is 2.52 bits per heavy atom. The molecule has 7 nitrogen and oxygen atoms in total. The van der Waals surface area contributed by atoms with Crippen LogP contribution in [0, 0.1) is 3.57 Å². The van der Waals surface area contributed by atoms with Gasteiger partial charge in [-0.25, -0.2) is 9.79 Å². The van der Waals surface area contributed by atoms with Gasteiger partial charge in [-0.1, -0.05) is 78.4 Å². The Balaban J connectivity index is 1.60. The summed E-state index contributed by atoms with van der Waals surface area (Å²) in [6.07, 6.45) is 2.34. The number of hydrogen-bond donors (Lipinski definition) is 0. The molecule has 0 amide bonds. The van der Waals surface area contributed by atoms with E-state index in [0.29, 0.717) is 50.2 Å². The zero-order valence-corrected chi connectivity index (χ0v) is 27.0. The van der Waals surface area contributed by atoms with Crippen molar-refractivity contribution >= 4 is 57.6 Å². The molecule has 0 fully saturated rings. The van der Waals surface area contributed by atoms with E-state index in [2.05, 4.69) is 22.6 Å². The monoisotopic (exact) mass is 714 g/mol. The SMILES string of the molecule is CCOc1cc(/C=c2/sc3n(c2=O)[C@@H](c2ccccc2)C(C(=O)OC)=C(CC)N=3)cc(I)c1OCc1ccccc1Cl. The van der Waals surface area contributed by atoms with Crippen LogP contribution in [0.2, 0.25) is 5.02 Å². The molecule has 10 heteroatoms. The number of methoxy groups -OCH3 is 1. The molecule has 5 rings (SSSR count). The first-order chi connectivity index (χ1) is 20.4. The van der Waals surface area contributed by atoms with Crippen LogP contribution < -0.4 is 24.4 Å². The molecule has 0 saturated carbocycles. The van der Waals surface area contributed by atoms with E-state index in [9.17, 15) is 9.59 Å². The normalized spacial score (nSPS) is 14.8. The van der Waals surface area contributed by atoms with Gasteiger partial charge in [-0.3, -0.25) is 9.36 Å². The highest BCUT2D eigenvalue weighted by Gasteiger charge is 2.33. The average molecular weight is 715 g/mol. The number of ether oxygens (including phenoxy) is 3. The maximum Gasteiger partial charge on any atom is 0.338 e. The van der Waals surface area contributed by atoms with Gasteiger partial charge in [0.25, 0.3) is 5.56 Å². The highest BCUT2D eigenvalue weighted by atomic mass is 127. The lowest BCUT2D eigenvalue weighted by Gasteiger charge is -2.25. The average Bonchev–Trinajstić information content (AvgIpc) is 3.30. The number of hydrogen-bond acceptors (Lipinski definition) is 7. The van der Waals surface area contributed by atoms with Crippen molar-refractivity contribution in [3.63, 3.8) is 0 Å². The number of esters is 1. The Bertz CT molecular complexity index is 1850. The molecule has 0 spiro atoms. The molecule has 3 aromatic carbocycles. The molecule has 1 aromatic heterocycles. The first kappa shape index (κ1) is 30.1. The summed E-state index contributed by atoms with van der Waals surface area (Å²) in [5, 5.41) is 0.632. The van der Waals surface area contributed by atoms with Crippen LogP contribution in [0.5, 0.6) is 11.5 Å². The van der Waals surface area contributed by atoms with E-state index in [1.54, 1.807) is 4.57 Å². The molecule has 1 aliphatic heterocycles. The maximum atomic E-state index is 13.9. The summed E-state index contributed by atoms with van der Waals surface area (Å²) >= 11 is 9.82. The van der Waals surface area contributed by atoms with E-state index in [1.807, 2.05) is 86.7 Å². The number of fused-ring (bicyclic) bond motifs is 1. The van der Waals surface area contributed by atoms with Gasteiger partial charge in [0.2, 0.25) is 0 Å². The lowest BCUT2D eigenvalue weighted by Crippen LogP contribution is -2.40.